The second kappa shape index (κ2) is 8.88. The van der Waals surface area contributed by atoms with Crippen LogP contribution in [0.15, 0.2) is 42.0 Å². The highest BCUT2D eigenvalue weighted by atomic mass is 32.3. The van der Waals surface area contributed by atoms with Crippen LogP contribution in [0.25, 0.3) is 17.2 Å². The maximum atomic E-state index is 13.0. The van der Waals surface area contributed by atoms with Gasteiger partial charge in [-0.25, -0.2) is 3.63 Å². The van der Waals surface area contributed by atoms with Gasteiger partial charge in [0.05, 0.1) is 5.25 Å². The summed E-state index contributed by atoms with van der Waals surface area (Å²) in [6, 6.07) is 12.0. The van der Waals surface area contributed by atoms with Crippen LogP contribution in [-0.4, -0.2) is 26.4 Å². The molecule has 0 saturated heterocycles. The minimum Gasteiger partial charge on any atom is -0.213 e. The van der Waals surface area contributed by atoms with Crippen LogP contribution in [0.5, 0.6) is 0 Å². The van der Waals surface area contributed by atoms with E-state index in [0.29, 0.717) is 0 Å². The van der Waals surface area contributed by atoms with Crippen molar-refractivity contribution in [1.82, 2.24) is 0 Å². The number of rotatable bonds is 4. The molecule has 0 aliphatic heterocycles. The van der Waals surface area contributed by atoms with Gasteiger partial charge < -0.3 is 0 Å². The van der Waals surface area contributed by atoms with Crippen LogP contribution in [-0.2, 0) is 26.6 Å². The molecule has 0 amide bonds. The predicted molar refractivity (Wildman–Crippen MR) is 127 cm³/mol. The maximum Gasteiger partial charge on any atom is 0.523 e. The molecule has 2 aliphatic carbocycles. The number of aryl methyl sites for hydroxylation is 1. The lowest BCUT2D eigenvalue weighted by atomic mass is 9.89. The molecule has 0 spiro atoms. The summed E-state index contributed by atoms with van der Waals surface area (Å²) < 4.78 is 67.4. The Balaban J connectivity index is 0.00000141. The zero-order valence-electron chi connectivity index (χ0n) is 18.9. The summed E-state index contributed by atoms with van der Waals surface area (Å²) in [5.74, 6) is 0. The number of alkyl halides is 3. The Hall–Kier alpha value is -1.77. The van der Waals surface area contributed by atoms with E-state index in [0.717, 1.165) is 47.1 Å². The van der Waals surface area contributed by atoms with E-state index in [9.17, 15) is 21.6 Å². The van der Waals surface area contributed by atoms with Gasteiger partial charge in [-0.05, 0) is 72.1 Å². The Bertz CT molecular complexity index is 1140. The number of hydrogen-bond donors (Lipinski definition) is 0. The van der Waals surface area contributed by atoms with Crippen LogP contribution >= 0.6 is 10.3 Å². The second-order valence-corrected chi connectivity index (χ2v) is 13.2. The van der Waals surface area contributed by atoms with E-state index < -0.39 is 31.2 Å². The van der Waals surface area contributed by atoms with Crippen LogP contribution in [0.4, 0.5) is 13.2 Å². The van der Waals surface area contributed by atoms with Gasteiger partial charge in [-0.2, -0.15) is 21.6 Å². The molecular weight excluding hydrogens is 457 g/mol. The Morgan fingerprint density at radius 3 is 2.25 bits per heavy atom. The third kappa shape index (κ3) is 4.37. The van der Waals surface area contributed by atoms with Gasteiger partial charge in [0.2, 0.25) is 0 Å². The first-order chi connectivity index (χ1) is 14.9. The van der Waals surface area contributed by atoms with Gasteiger partial charge in [0.15, 0.2) is 0 Å². The molecule has 0 saturated carbocycles. The molecule has 8 heteroatoms. The fourth-order valence-corrected chi connectivity index (χ4v) is 8.94. The lowest BCUT2D eigenvalue weighted by molar-refractivity contribution is -0.0496. The number of benzene rings is 2. The van der Waals surface area contributed by atoms with E-state index in [1.54, 1.807) is 0 Å². The number of fused-ring (bicyclic) bond motifs is 2. The first-order valence-corrected chi connectivity index (χ1v) is 14.4. The van der Waals surface area contributed by atoms with Crippen LogP contribution in [0.3, 0.4) is 0 Å². The van der Waals surface area contributed by atoms with Crippen molar-refractivity contribution in [3.8, 4) is 11.1 Å². The molecule has 0 aromatic heterocycles. The minimum absolute atomic E-state index is 0.516. The predicted octanol–water partition coefficient (Wildman–Crippen LogP) is 7.17. The van der Waals surface area contributed by atoms with Crippen molar-refractivity contribution in [3.63, 3.8) is 0 Å². The van der Waals surface area contributed by atoms with Gasteiger partial charge >= 0.3 is 15.6 Å². The molecule has 2 aliphatic rings. The lowest BCUT2D eigenvalue weighted by Crippen LogP contribution is -2.28. The Labute approximate surface area is 190 Å². The van der Waals surface area contributed by atoms with Crippen LogP contribution in [0.2, 0.25) is 0 Å². The molecule has 0 fully saturated rings. The summed E-state index contributed by atoms with van der Waals surface area (Å²) >= 11 is 0. The summed E-state index contributed by atoms with van der Waals surface area (Å²) in [5, 5.41) is -0.516. The van der Waals surface area contributed by atoms with E-state index >= 15 is 0 Å². The van der Waals surface area contributed by atoms with Gasteiger partial charge in [0, 0.05) is 0 Å². The Kier molecular flexibility index (Phi) is 6.90. The molecule has 3 nitrogen and oxygen atoms in total. The van der Waals surface area contributed by atoms with Crippen LogP contribution in [0.1, 0.15) is 54.7 Å². The van der Waals surface area contributed by atoms with Gasteiger partial charge in [-0.3, -0.25) is 0 Å². The fraction of sp³-hybridized carbons (Fsp3) is 0.417. The monoisotopic (exact) mass is 486 g/mol. The first-order valence-electron chi connectivity index (χ1n) is 10.6. The summed E-state index contributed by atoms with van der Waals surface area (Å²) in [6.45, 7) is 5.84. The van der Waals surface area contributed by atoms with E-state index in [2.05, 4.69) is 6.07 Å². The highest BCUT2D eigenvalue weighted by Crippen LogP contribution is 2.64. The summed E-state index contributed by atoms with van der Waals surface area (Å²) in [6.07, 6.45) is 7.86. The molecule has 0 bridgehead atoms. The normalized spacial score (nSPS) is 18.4. The largest absolute Gasteiger partial charge is 0.523 e. The quantitative estimate of drug-likeness (QED) is 0.430. The Morgan fingerprint density at radius 1 is 1.03 bits per heavy atom. The third-order valence-electron chi connectivity index (χ3n) is 5.72. The maximum absolute atomic E-state index is 13.0. The first kappa shape index (κ1) is 24.9. The number of hydrogen-bond acceptors (Lipinski definition) is 3. The van der Waals surface area contributed by atoms with Crippen molar-refractivity contribution in [2.75, 3.05) is 12.5 Å². The molecule has 2 aromatic rings. The topological polar surface area (TPSA) is 43.4 Å². The van der Waals surface area contributed by atoms with E-state index in [-0.39, 0.29) is 0 Å². The third-order valence-corrected chi connectivity index (χ3v) is 10.2. The molecule has 176 valence electrons. The summed E-state index contributed by atoms with van der Waals surface area (Å²) in [5.41, 5.74) is 1.86. The molecule has 0 radical (unpaired) electrons. The van der Waals surface area contributed by atoms with Crippen molar-refractivity contribution < 1.29 is 25.2 Å². The number of halogens is 3. The van der Waals surface area contributed by atoms with Crippen LogP contribution in [0, 0.1) is 0 Å². The lowest BCUT2D eigenvalue weighted by Gasteiger charge is -2.38. The summed E-state index contributed by atoms with van der Waals surface area (Å²) in [7, 11) is -8.34. The average Bonchev–Trinajstić information content (AvgIpc) is 3.29. The molecular formula is C24H29F3O3S2. The molecule has 32 heavy (non-hydrogen) atoms. The van der Waals surface area contributed by atoms with Gasteiger partial charge in [-0.15, -0.1) is 10.3 Å². The van der Waals surface area contributed by atoms with E-state index in [1.807, 2.05) is 57.2 Å². The molecule has 0 N–H and O–H groups in total. The van der Waals surface area contributed by atoms with Gasteiger partial charge in [0.1, 0.15) is 0 Å². The second-order valence-electron chi connectivity index (χ2n) is 8.16. The zero-order chi connectivity index (χ0) is 23.9. The van der Waals surface area contributed by atoms with Crippen molar-refractivity contribution in [2.45, 2.75) is 50.8 Å². The SMILES string of the molecule is CC.CC1=Cc2c(cc3c(c2-c2ccccc2)CCC3)C1S(C)(C)OS(=O)(=O)C(F)(F)F. The van der Waals surface area contributed by atoms with Crippen molar-refractivity contribution in [3.05, 3.63) is 64.2 Å². The Morgan fingerprint density at radius 2 is 1.66 bits per heavy atom. The van der Waals surface area contributed by atoms with Crippen molar-refractivity contribution in [2.24, 2.45) is 0 Å². The molecule has 0 heterocycles. The van der Waals surface area contributed by atoms with Gasteiger partial charge in [0.25, 0.3) is 0 Å². The van der Waals surface area contributed by atoms with E-state index in [1.165, 1.54) is 23.6 Å². The molecule has 1 atom stereocenters. The minimum atomic E-state index is -5.68. The van der Waals surface area contributed by atoms with Crippen molar-refractivity contribution >= 4 is 26.5 Å². The molecule has 4 rings (SSSR count). The molecule has 2 aromatic carbocycles. The highest BCUT2D eigenvalue weighted by molar-refractivity contribution is 8.32. The highest BCUT2D eigenvalue weighted by Gasteiger charge is 2.51. The van der Waals surface area contributed by atoms with Crippen molar-refractivity contribution in [1.29, 1.82) is 0 Å². The van der Waals surface area contributed by atoms with Crippen LogP contribution < -0.4 is 0 Å². The smallest absolute Gasteiger partial charge is 0.213 e. The fourth-order valence-electron chi connectivity index (χ4n) is 4.70. The molecule has 1 unspecified atom stereocenters. The zero-order valence-corrected chi connectivity index (χ0v) is 20.5. The summed E-state index contributed by atoms with van der Waals surface area (Å²) in [4.78, 5) is 0. The standard InChI is InChI=1S/C22H23F3O3S2.C2H6/c1-14-12-18-19(21(14)29(2,3)28-30(26,27)22(23,24)25)13-16-10-7-11-17(16)20(18)15-8-5-4-6-9-15;1-2/h4-6,8-9,12-13,21H,7,10-11H2,1-3H3;1-2H3. The van der Waals surface area contributed by atoms with Gasteiger partial charge in [-0.1, -0.05) is 61.9 Å². The average molecular weight is 487 g/mol. The van der Waals surface area contributed by atoms with E-state index in [4.69, 9.17) is 3.63 Å².